The van der Waals surface area contributed by atoms with E-state index in [-0.39, 0.29) is 47.7 Å². The molecular weight excluding hydrogens is 1340 g/mol. The van der Waals surface area contributed by atoms with Crippen molar-refractivity contribution in [1.82, 2.24) is 0 Å². The number of fused-ring (bicyclic) bond motifs is 5. The molecule has 39 unspecified atom stereocenters. The van der Waals surface area contributed by atoms with Crippen molar-refractivity contribution in [2.75, 3.05) is 39.6 Å². The third kappa shape index (κ3) is 14.7. The quantitative estimate of drug-likeness (QED) is 0.0423. The first-order valence-corrected chi connectivity index (χ1v) is 34.9. The van der Waals surface area contributed by atoms with E-state index < -0.39 is 258 Å². The SMILES string of the molecule is CC(CCC(OC1OC(COC2OC(CO)C(O)C(O)C2O)C(O)C(O)C1OC1OC(CO)C(O)C(O)C1O)C(C)(C)O)C1CCC2(C)C3CC=C4C(CCC(OC5OC(COC6OC(CO)C(OC7OC(CO)C(O)C(O)C7O)C(O)C6O)C(O)C(O)C5O)C4(C)C)C3(C)C(=O)CC12C. The molecular formula is C66H110O34. The third-order valence-electron chi connectivity index (χ3n) is 24.7. The van der Waals surface area contributed by atoms with Crippen LogP contribution in [0.2, 0.25) is 0 Å². The summed E-state index contributed by atoms with van der Waals surface area (Å²) in [7, 11) is 0. The zero-order valence-electron chi connectivity index (χ0n) is 57.5. The highest BCUT2D eigenvalue weighted by molar-refractivity contribution is 5.88. The zero-order chi connectivity index (χ0) is 73.5. The first-order chi connectivity index (χ1) is 46.9. The number of aliphatic hydroxyl groups is 21. The van der Waals surface area contributed by atoms with Crippen molar-refractivity contribution in [1.29, 1.82) is 0 Å². The topological polar surface area (TPSA) is 553 Å². The van der Waals surface area contributed by atoms with Gasteiger partial charge in [0.05, 0.1) is 57.5 Å². The van der Waals surface area contributed by atoms with Crippen molar-refractivity contribution >= 4 is 5.78 Å². The first-order valence-electron chi connectivity index (χ1n) is 34.9. The fourth-order valence-electron chi connectivity index (χ4n) is 18.2. The average Bonchev–Trinajstić information content (AvgIpc) is 1.32. The van der Waals surface area contributed by atoms with E-state index in [2.05, 4.69) is 33.8 Å². The van der Waals surface area contributed by atoms with E-state index in [1.54, 1.807) is 0 Å². The molecule has 578 valence electrons. The summed E-state index contributed by atoms with van der Waals surface area (Å²) in [6.07, 6.45) is -47.8. The van der Waals surface area contributed by atoms with Crippen LogP contribution >= 0.6 is 0 Å². The van der Waals surface area contributed by atoms with Crippen molar-refractivity contribution in [3.63, 3.8) is 0 Å². The second-order valence-electron chi connectivity index (χ2n) is 31.3. The predicted molar refractivity (Wildman–Crippen MR) is 332 cm³/mol. The van der Waals surface area contributed by atoms with Gasteiger partial charge in [-0.3, -0.25) is 4.79 Å². The van der Waals surface area contributed by atoms with E-state index in [0.717, 1.165) is 18.4 Å². The van der Waals surface area contributed by atoms with Gasteiger partial charge in [0.1, 0.15) is 152 Å². The lowest BCUT2D eigenvalue weighted by molar-refractivity contribution is -0.380. The van der Waals surface area contributed by atoms with Crippen LogP contribution in [0.4, 0.5) is 0 Å². The van der Waals surface area contributed by atoms with E-state index in [4.69, 9.17) is 56.8 Å². The Balaban J connectivity index is 0.795. The average molecular weight is 1450 g/mol. The number of ether oxygens (including phenoxy) is 12. The van der Waals surface area contributed by atoms with Gasteiger partial charge in [-0.2, -0.15) is 0 Å². The second-order valence-corrected chi connectivity index (χ2v) is 31.3. The van der Waals surface area contributed by atoms with E-state index in [0.29, 0.717) is 25.7 Å². The Bertz CT molecular complexity index is 2720. The fourth-order valence-corrected chi connectivity index (χ4v) is 18.2. The molecule has 0 radical (unpaired) electrons. The van der Waals surface area contributed by atoms with E-state index >= 15 is 4.79 Å². The molecule has 39 atom stereocenters. The second kappa shape index (κ2) is 31.4. The Morgan fingerprint density at radius 3 is 1.39 bits per heavy atom. The molecule has 21 N–H and O–H groups in total. The van der Waals surface area contributed by atoms with Crippen LogP contribution in [0, 0.1) is 45.3 Å². The Labute approximate surface area is 578 Å². The Morgan fingerprint density at radius 1 is 0.480 bits per heavy atom. The van der Waals surface area contributed by atoms with Gasteiger partial charge < -0.3 is 164 Å². The summed E-state index contributed by atoms with van der Waals surface area (Å²) < 4.78 is 70.9. The minimum absolute atomic E-state index is 0.0250. The van der Waals surface area contributed by atoms with Gasteiger partial charge in [-0.1, -0.05) is 53.2 Å². The minimum atomic E-state index is -1.98. The number of rotatable bonds is 23. The van der Waals surface area contributed by atoms with Crippen LogP contribution < -0.4 is 0 Å². The number of hydrogen-bond acceptors (Lipinski definition) is 34. The van der Waals surface area contributed by atoms with E-state index in [1.807, 2.05) is 13.8 Å². The third-order valence-corrected chi connectivity index (χ3v) is 24.7. The molecule has 0 bridgehead atoms. The van der Waals surface area contributed by atoms with Crippen molar-refractivity contribution in [2.45, 2.75) is 309 Å². The zero-order valence-corrected chi connectivity index (χ0v) is 57.5. The molecule has 0 amide bonds. The molecule has 0 aromatic rings. The number of carbonyl (C=O) groups is 1. The number of allylic oxidation sites excluding steroid dienone is 1. The summed E-state index contributed by atoms with van der Waals surface area (Å²) in [5, 5.41) is 226. The summed E-state index contributed by atoms with van der Waals surface area (Å²) in [4.78, 5) is 15.5. The van der Waals surface area contributed by atoms with Gasteiger partial charge in [0, 0.05) is 17.3 Å². The van der Waals surface area contributed by atoms with Crippen molar-refractivity contribution in [3.8, 4) is 0 Å². The fraction of sp³-hybridized carbons (Fsp3) is 0.955. The smallest absolute Gasteiger partial charge is 0.187 e. The molecule has 3 saturated carbocycles. The Morgan fingerprint density at radius 2 is 0.890 bits per heavy atom. The summed E-state index contributed by atoms with van der Waals surface area (Å²) in [5.41, 5.74) is -3.20. The lowest BCUT2D eigenvalue weighted by Gasteiger charge is -2.65. The molecule has 6 saturated heterocycles. The number of aliphatic hydroxyl groups excluding tert-OH is 20. The molecule has 100 heavy (non-hydrogen) atoms. The van der Waals surface area contributed by atoms with Gasteiger partial charge in [-0.15, -0.1) is 0 Å². The molecule has 0 spiro atoms. The molecule has 34 nitrogen and oxygen atoms in total. The Kier molecular flexibility index (Phi) is 25.3. The van der Waals surface area contributed by atoms with Crippen LogP contribution in [0.5, 0.6) is 0 Å². The van der Waals surface area contributed by atoms with Crippen molar-refractivity contribution < 1.29 is 169 Å². The molecule has 10 aliphatic rings. The van der Waals surface area contributed by atoms with Crippen LogP contribution in [0.15, 0.2) is 11.6 Å². The predicted octanol–water partition coefficient (Wildman–Crippen LogP) is -7.38. The highest BCUT2D eigenvalue weighted by Gasteiger charge is 2.71. The summed E-state index contributed by atoms with van der Waals surface area (Å²) >= 11 is 0. The molecule has 0 aromatic carbocycles. The van der Waals surface area contributed by atoms with Crippen LogP contribution in [0.3, 0.4) is 0 Å². The van der Waals surface area contributed by atoms with Crippen LogP contribution in [-0.2, 0) is 61.6 Å². The highest BCUT2D eigenvalue weighted by Crippen LogP contribution is 2.74. The molecule has 34 heteroatoms. The van der Waals surface area contributed by atoms with Crippen LogP contribution in [0.25, 0.3) is 0 Å². The lowest BCUT2D eigenvalue weighted by atomic mass is 9.38. The van der Waals surface area contributed by atoms with Crippen LogP contribution in [-0.4, -0.2) is 355 Å². The Hall–Kier alpha value is -1.91. The maximum absolute atomic E-state index is 15.5. The molecule has 0 aromatic heterocycles. The standard InChI is InChI=1S/C66H110O34/c1-24(9-13-37(63(4,5)88)98-61-55(100-60-52(86)45(79)40(74)30(20-69)93-60)47(81)42(76)33(96-61)23-89-56-49(83)43(77)38(72)28(18-67)91-56)25-15-16-64(6)34-12-10-26-27(66(34,8)35(71)17-65(25,64)7)11-14-36(62(26,2)3)97-58-50(84)46(80)41(75)32(95-58)22-90-57-53(87)48(82)54(31(21-70)94-57)99-59-51(85)44(78)39(73)29(19-68)92-59/h10,24-25,27-34,36-61,67-70,72-88H,9,11-23H2,1-8H3. The van der Waals surface area contributed by atoms with Gasteiger partial charge >= 0.3 is 0 Å². The van der Waals surface area contributed by atoms with Gasteiger partial charge in [-0.25, -0.2) is 0 Å². The van der Waals surface area contributed by atoms with E-state index in [1.165, 1.54) is 13.8 Å². The van der Waals surface area contributed by atoms with Gasteiger partial charge in [0.2, 0.25) is 0 Å². The van der Waals surface area contributed by atoms with E-state index in [9.17, 15) is 107 Å². The maximum atomic E-state index is 15.5. The molecule has 10 rings (SSSR count). The number of ketones is 1. The van der Waals surface area contributed by atoms with Gasteiger partial charge in [-0.05, 0) is 93.3 Å². The highest BCUT2D eigenvalue weighted by atomic mass is 16.8. The maximum Gasteiger partial charge on any atom is 0.187 e. The van der Waals surface area contributed by atoms with Crippen molar-refractivity contribution in [2.24, 2.45) is 45.3 Å². The molecule has 6 heterocycles. The van der Waals surface area contributed by atoms with Crippen LogP contribution in [0.1, 0.15) is 107 Å². The molecule has 4 aliphatic carbocycles. The normalized spacial score (nSPS) is 51.3. The largest absolute Gasteiger partial charge is 0.394 e. The minimum Gasteiger partial charge on any atom is -0.394 e. The van der Waals surface area contributed by atoms with Gasteiger partial charge in [0.25, 0.3) is 0 Å². The number of Topliss-reactive ketones (excluding diaryl/α,β-unsaturated/α-hetero) is 1. The molecule has 6 aliphatic heterocycles. The van der Waals surface area contributed by atoms with Crippen molar-refractivity contribution in [3.05, 3.63) is 11.6 Å². The van der Waals surface area contributed by atoms with Gasteiger partial charge in [0.15, 0.2) is 37.7 Å². The lowest BCUT2D eigenvalue weighted by Crippen LogP contribution is -2.65. The number of carbonyl (C=O) groups excluding carboxylic acids is 1. The molecule has 9 fully saturated rings. The summed E-state index contributed by atoms with van der Waals surface area (Å²) in [6.45, 7) is 11.0. The number of hydrogen-bond donors (Lipinski definition) is 21. The first kappa shape index (κ1) is 80.6. The summed E-state index contributed by atoms with van der Waals surface area (Å²) in [5.74, 6) is -0.354. The monoisotopic (exact) mass is 1450 g/mol. The summed E-state index contributed by atoms with van der Waals surface area (Å²) in [6, 6.07) is 0.